The first-order valence-corrected chi connectivity index (χ1v) is 8.42. The summed E-state index contributed by atoms with van der Waals surface area (Å²) < 4.78 is 0. The van der Waals surface area contributed by atoms with Crippen molar-refractivity contribution >= 4 is 13.5 Å². The summed E-state index contributed by atoms with van der Waals surface area (Å²) in [6.45, 7) is 8.61. The third-order valence-corrected chi connectivity index (χ3v) is 3.66. The minimum atomic E-state index is -1.02. The number of carboxylic acids is 1. The lowest BCUT2D eigenvalue weighted by atomic mass is 9.82. The summed E-state index contributed by atoms with van der Waals surface area (Å²) >= 11 is 0. The van der Waals surface area contributed by atoms with Crippen molar-refractivity contribution in [2.45, 2.75) is 90.9 Å². The smallest absolute Gasteiger partial charge is 0.323 e. The summed E-state index contributed by atoms with van der Waals surface area (Å²) in [6, 6.07) is 0. The van der Waals surface area contributed by atoms with Crippen LogP contribution in [-0.2, 0) is 4.79 Å². The van der Waals surface area contributed by atoms with Crippen molar-refractivity contribution in [3.63, 3.8) is 0 Å². The van der Waals surface area contributed by atoms with E-state index >= 15 is 0 Å². The van der Waals surface area contributed by atoms with E-state index in [0.717, 1.165) is 33.2 Å². The van der Waals surface area contributed by atoms with E-state index in [1.165, 1.54) is 19.3 Å². The van der Waals surface area contributed by atoms with Crippen molar-refractivity contribution in [1.82, 2.24) is 0 Å². The minimum Gasteiger partial charge on any atom is -0.480 e. The van der Waals surface area contributed by atoms with Crippen LogP contribution in [0.2, 0.25) is 6.32 Å². The summed E-state index contributed by atoms with van der Waals surface area (Å²) in [6.07, 6.45) is 8.49. The molecule has 2 unspecified atom stereocenters. The monoisotopic (exact) mass is 300 g/mol. The number of carbonyl (C=O) groups is 1. The Morgan fingerprint density at radius 1 is 1.29 bits per heavy atom. The van der Waals surface area contributed by atoms with Gasteiger partial charge in [0.1, 0.15) is 5.54 Å². The van der Waals surface area contributed by atoms with E-state index in [4.69, 9.17) is 15.9 Å². The summed E-state index contributed by atoms with van der Waals surface area (Å²) in [4.78, 5) is 11.0. The number of unbranched alkanes of at least 4 members (excludes halogenated alkanes) is 1. The SMILES string of the molecule is CCC.CCCC.NC1(C(=O)O)CCCC1CCC[B]O. The Hall–Kier alpha value is -0.545. The number of hydrogen-bond donors (Lipinski definition) is 3. The fourth-order valence-electron chi connectivity index (χ4n) is 2.24. The third kappa shape index (κ3) is 9.91. The molecule has 1 rings (SSSR count). The lowest BCUT2D eigenvalue weighted by Gasteiger charge is -2.26. The van der Waals surface area contributed by atoms with Gasteiger partial charge in [-0.05, 0) is 25.2 Å². The zero-order valence-electron chi connectivity index (χ0n) is 14.4. The van der Waals surface area contributed by atoms with Gasteiger partial charge in [0.2, 0.25) is 0 Å². The molecular weight excluding hydrogens is 265 g/mol. The lowest BCUT2D eigenvalue weighted by molar-refractivity contribution is -0.144. The van der Waals surface area contributed by atoms with Crippen LogP contribution in [0.1, 0.15) is 79.1 Å². The van der Waals surface area contributed by atoms with Crippen molar-refractivity contribution in [3.05, 3.63) is 0 Å². The molecule has 0 saturated heterocycles. The average Bonchev–Trinajstić information content (AvgIpc) is 2.83. The fourth-order valence-corrected chi connectivity index (χ4v) is 2.24. The van der Waals surface area contributed by atoms with Gasteiger partial charge >= 0.3 is 5.97 Å². The molecule has 125 valence electrons. The van der Waals surface area contributed by atoms with Crippen LogP contribution in [0, 0.1) is 5.92 Å². The molecule has 0 amide bonds. The summed E-state index contributed by atoms with van der Waals surface area (Å²) in [5.74, 6) is -0.812. The van der Waals surface area contributed by atoms with E-state index in [0.29, 0.717) is 12.7 Å². The zero-order valence-corrected chi connectivity index (χ0v) is 14.4. The number of carboxylic acid groups (broad SMARTS) is 1. The van der Waals surface area contributed by atoms with E-state index in [-0.39, 0.29) is 5.92 Å². The highest BCUT2D eigenvalue weighted by molar-refractivity contribution is 6.25. The van der Waals surface area contributed by atoms with Crippen molar-refractivity contribution in [2.24, 2.45) is 11.7 Å². The van der Waals surface area contributed by atoms with Gasteiger partial charge in [0, 0.05) is 0 Å². The average molecular weight is 300 g/mol. The zero-order chi connectivity index (χ0) is 16.7. The standard InChI is InChI=1S/C9H17BNO3.C4H10.C3H8/c11-9(8(12)13)5-1-3-7(9)4-2-6-10-14;1-3-4-2;1-3-2/h7,14H,1-6,11H2,(H,12,13);3-4H2,1-2H3;3H2,1-2H3. The number of nitrogens with two attached hydrogens (primary N) is 1. The second-order valence-corrected chi connectivity index (χ2v) is 5.76. The highest BCUT2D eigenvalue weighted by atomic mass is 16.4. The van der Waals surface area contributed by atoms with Crippen molar-refractivity contribution in [2.75, 3.05) is 0 Å². The topological polar surface area (TPSA) is 83.6 Å². The molecule has 1 aliphatic carbocycles. The van der Waals surface area contributed by atoms with Crippen LogP contribution >= 0.6 is 0 Å². The van der Waals surface area contributed by atoms with Crippen molar-refractivity contribution in [1.29, 1.82) is 0 Å². The highest BCUT2D eigenvalue weighted by Crippen LogP contribution is 2.37. The molecule has 1 radical (unpaired) electrons. The maximum atomic E-state index is 11.0. The van der Waals surface area contributed by atoms with E-state index in [2.05, 4.69) is 27.7 Å². The Bertz CT molecular complexity index is 250. The molecular formula is C16H35BNO3. The minimum absolute atomic E-state index is 0.0694. The maximum absolute atomic E-state index is 11.0. The predicted molar refractivity (Wildman–Crippen MR) is 90.5 cm³/mol. The van der Waals surface area contributed by atoms with E-state index < -0.39 is 11.5 Å². The summed E-state index contributed by atoms with van der Waals surface area (Å²) in [5, 5.41) is 17.5. The molecule has 0 aliphatic heterocycles. The molecule has 4 nitrogen and oxygen atoms in total. The Balaban J connectivity index is 0. The molecule has 0 aromatic rings. The van der Waals surface area contributed by atoms with Crippen LogP contribution in [0.3, 0.4) is 0 Å². The molecule has 2 atom stereocenters. The van der Waals surface area contributed by atoms with Gasteiger partial charge in [-0.25, -0.2) is 0 Å². The Morgan fingerprint density at radius 2 is 1.81 bits per heavy atom. The second-order valence-electron chi connectivity index (χ2n) is 5.76. The maximum Gasteiger partial charge on any atom is 0.323 e. The van der Waals surface area contributed by atoms with E-state index in [1.807, 2.05) is 0 Å². The number of rotatable bonds is 6. The Labute approximate surface area is 131 Å². The predicted octanol–water partition coefficient (Wildman–Crippen LogP) is 3.60. The quantitative estimate of drug-likeness (QED) is 0.517. The molecule has 0 bridgehead atoms. The molecule has 4 N–H and O–H groups in total. The third-order valence-electron chi connectivity index (χ3n) is 3.66. The molecule has 0 aromatic carbocycles. The van der Waals surface area contributed by atoms with Crippen molar-refractivity contribution < 1.29 is 14.9 Å². The first-order chi connectivity index (χ1) is 9.94. The van der Waals surface area contributed by atoms with Crippen LogP contribution < -0.4 is 5.73 Å². The van der Waals surface area contributed by atoms with Crippen LogP contribution in [0.5, 0.6) is 0 Å². The van der Waals surface area contributed by atoms with Gasteiger partial charge in [0.15, 0.2) is 0 Å². The number of hydrogen-bond acceptors (Lipinski definition) is 3. The van der Waals surface area contributed by atoms with Gasteiger partial charge in [-0.3, -0.25) is 4.79 Å². The summed E-state index contributed by atoms with van der Waals surface area (Å²) in [7, 11) is 1.12. The van der Waals surface area contributed by atoms with Crippen LogP contribution in [-0.4, -0.2) is 29.1 Å². The van der Waals surface area contributed by atoms with Crippen LogP contribution in [0.15, 0.2) is 0 Å². The Kier molecular flexibility index (Phi) is 15.6. The van der Waals surface area contributed by atoms with Gasteiger partial charge in [-0.2, -0.15) is 0 Å². The van der Waals surface area contributed by atoms with Gasteiger partial charge in [0.25, 0.3) is 7.48 Å². The molecule has 0 aromatic heterocycles. The van der Waals surface area contributed by atoms with Crippen LogP contribution in [0.25, 0.3) is 0 Å². The molecule has 5 heteroatoms. The van der Waals surface area contributed by atoms with E-state index in [9.17, 15) is 4.79 Å². The van der Waals surface area contributed by atoms with Gasteiger partial charge < -0.3 is 15.9 Å². The van der Waals surface area contributed by atoms with Gasteiger partial charge in [-0.15, -0.1) is 0 Å². The van der Waals surface area contributed by atoms with Crippen molar-refractivity contribution in [3.8, 4) is 0 Å². The lowest BCUT2D eigenvalue weighted by Crippen LogP contribution is -2.50. The molecule has 0 heterocycles. The molecule has 21 heavy (non-hydrogen) atoms. The molecule has 1 aliphatic rings. The first kappa shape index (κ1) is 22.7. The first-order valence-electron chi connectivity index (χ1n) is 8.42. The molecule has 1 saturated carbocycles. The Morgan fingerprint density at radius 3 is 2.19 bits per heavy atom. The highest BCUT2D eigenvalue weighted by Gasteiger charge is 2.45. The largest absolute Gasteiger partial charge is 0.480 e. The normalized spacial score (nSPS) is 23.4. The summed E-state index contributed by atoms with van der Waals surface area (Å²) in [5.41, 5.74) is 4.84. The number of aliphatic carboxylic acids is 1. The van der Waals surface area contributed by atoms with Gasteiger partial charge in [0.05, 0.1) is 0 Å². The van der Waals surface area contributed by atoms with E-state index in [1.54, 1.807) is 0 Å². The second kappa shape index (κ2) is 14.4. The molecule has 0 spiro atoms. The fraction of sp³-hybridized carbons (Fsp3) is 0.938. The van der Waals surface area contributed by atoms with Gasteiger partial charge in [-0.1, -0.05) is 66.1 Å². The molecule has 1 fully saturated rings. The van der Waals surface area contributed by atoms with Crippen LogP contribution in [0.4, 0.5) is 0 Å².